The van der Waals surface area contributed by atoms with E-state index in [9.17, 15) is 4.79 Å². The molecule has 3 heterocycles. The second-order valence-corrected chi connectivity index (χ2v) is 7.35. The number of methoxy groups -OCH3 is 1. The SMILES string of the molecule is COc1ccc(Cl)cc1N1CC(c2nc(C3CNCCN3C)no2)CC1=O.Cl. The van der Waals surface area contributed by atoms with E-state index in [0.29, 0.717) is 41.1 Å². The van der Waals surface area contributed by atoms with E-state index in [1.807, 2.05) is 7.05 Å². The summed E-state index contributed by atoms with van der Waals surface area (Å²) in [5.41, 5.74) is 0.661. The van der Waals surface area contributed by atoms with Crippen molar-refractivity contribution in [1.29, 1.82) is 0 Å². The first-order chi connectivity index (χ1) is 13.1. The van der Waals surface area contributed by atoms with Crippen LogP contribution in [0.1, 0.15) is 30.1 Å². The lowest BCUT2D eigenvalue weighted by Crippen LogP contribution is -2.44. The average Bonchev–Trinajstić information content (AvgIpc) is 3.29. The zero-order valence-electron chi connectivity index (χ0n) is 15.7. The smallest absolute Gasteiger partial charge is 0.232 e. The molecule has 2 aromatic rings. The van der Waals surface area contributed by atoms with E-state index in [1.54, 1.807) is 30.2 Å². The number of halogens is 2. The Bertz CT molecular complexity index is 846. The molecule has 4 rings (SSSR count). The molecule has 2 fully saturated rings. The topological polar surface area (TPSA) is 83.7 Å². The van der Waals surface area contributed by atoms with Crippen molar-refractivity contribution in [2.75, 3.05) is 45.2 Å². The predicted molar refractivity (Wildman–Crippen MR) is 108 cm³/mol. The van der Waals surface area contributed by atoms with E-state index >= 15 is 0 Å². The highest BCUT2D eigenvalue weighted by Gasteiger charge is 2.37. The van der Waals surface area contributed by atoms with Crippen molar-refractivity contribution in [3.63, 3.8) is 0 Å². The zero-order chi connectivity index (χ0) is 19.0. The van der Waals surface area contributed by atoms with Crippen LogP contribution in [0.4, 0.5) is 5.69 Å². The van der Waals surface area contributed by atoms with Gasteiger partial charge in [-0.25, -0.2) is 0 Å². The first kappa shape index (κ1) is 20.9. The number of hydrogen-bond donors (Lipinski definition) is 1. The molecule has 1 aromatic heterocycles. The Kier molecular flexibility index (Phi) is 6.44. The maximum Gasteiger partial charge on any atom is 0.232 e. The molecule has 8 nitrogen and oxygen atoms in total. The maximum atomic E-state index is 12.6. The molecule has 0 radical (unpaired) electrons. The molecule has 0 bridgehead atoms. The number of nitrogens with one attached hydrogen (secondary N) is 1. The fraction of sp³-hybridized carbons (Fsp3) is 0.500. The molecule has 0 spiro atoms. The molecular weight excluding hydrogens is 405 g/mol. The Morgan fingerprint density at radius 1 is 1.39 bits per heavy atom. The molecule has 0 saturated carbocycles. The van der Waals surface area contributed by atoms with E-state index in [0.717, 1.165) is 19.6 Å². The minimum Gasteiger partial charge on any atom is -0.495 e. The van der Waals surface area contributed by atoms with Gasteiger partial charge in [-0.2, -0.15) is 4.98 Å². The number of benzene rings is 1. The fourth-order valence-electron chi connectivity index (χ4n) is 3.62. The normalized spacial score (nSPS) is 23.0. The Morgan fingerprint density at radius 2 is 2.21 bits per heavy atom. The summed E-state index contributed by atoms with van der Waals surface area (Å²) in [7, 11) is 3.62. The van der Waals surface area contributed by atoms with Gasteiger partial charge in [0.15, 0.2) is 5.82 Å². The third-order valence-corrected chi connectivity index (χ3v) is 5.41. The fourth-order valence-corrected chi connectivity index (χ4v) is 3.79. The summed E-state index contributed by atoms with van der Waals surface area (Å²) in [6, 6.07) is 5.32. The van der Waals surface area contributed by atoms with Crippen LogP contribution in [0.5, 0.6) is 5.75 Å². The van der Waals surface area contributed by atoms with Crippen molar-refractivity contribution in [2.45, 2.75) is 18.4 Å². The van der Waals surface area contributed by atoms with Crippen molar-refractivity contribution >= 4 is 35.6 Å². The van der Waals surface area contributed by atoms with Crippen LogP contribution >= 0.6 is 24.0 Å². The lowest BCUT2D eigenvalue weighted by Gasteiger charge is -2.30. The summed E-state index contributed by atoms with van der Waals surface area (Å²) >= 11 is 6.11. The quantitative estimate of drug-likeness (QED) is 0.800. The van der Waals surface area contributed by atoms with Gasteiger partial charge in [0, 0.05) is 37.6 Å². The van der Waals surface area contributed by atoms with E-state index < -0.39 is 0 Å². The van der Waals surface area contributed by atoms with Crippen LogP contribution in [-0.2, 0) is 4.79 Å². The third kappa shape index (κ3) is 3.96. The van der Waals surface area contributed by atoms with Gasteiger partial charge in [0.2, 0.25) is 11.8 Å². The average molecular weight is 428 g/mol. The lowest BCUT2D eigenvalue weighted by molar-refractivity contribution is -0.117. The maximum absolute atomic E-state index is 12.6. The van der Waals surface area contributed by atoms with Crippen LogP contribution in [-0.4, -0.2) is 61.3 Å². The number of anilines is 1. The number of carbonyl (C=O) groups is 1. The Morgan fingerprint density at radius 3 is 2.96 bits per heavy atom. The number of amides is 1. The molecule has 0 aliphatic carbocycles. The molecule has 1 amide bonds. The monoisotopic (exact) mass is 427 g/mol. The summed E-state index contributed by atoms with van der Waals surface area (Å²) in [5.74, 6) is 1.60. The van der Waals surface area contributed by atoms with Crippen molar-refractivity contribution in [3.8, 4) is 5.75 Å². The van der Waals surface area contributed by atoms with Crippen LogP contribution in [0, 0.1) is 0 Å². The van der Waals surface area contributed by atoms with Crippen LogP contribution in [0.3, 0.4) is 0 Å². The number of ether oxygens (including phenoxy) is 1. The zero-order valence-corrected chi connectivity index (χ0v) is 17.3. The molecule has 28 heavy (non-hydrogen) atoms. The molecule has 2 unspecified atom stereocenters. The van der Waals surface area contributed by atoms with Gasteiger partial charge in [0.25, 0.3) is 0 Å². The van der Waals surface area contributed by atoms with E-state index in [1.165, 1.54) is 0 Å². The molecule has 152 valence electrons. The molecule has 1 N–H and O–H groups in total. The van der Waals surface area contributed by atoms with Crippen molar-refractivity contribution < 1.29 is 14.1 Å². The van der Waals surface area contributed by atoms with Crippen molar-refractivity contribution in [3.05, 3.63) is 34.9 Å². The molecule has 10 heteroatoms. The second-order valence-electron chi connectivity index (χ2n) is 6.91. The molecule has 2 saturated heterocycles. The van der Waals surface area contributed by atoms with Crippen LogP contribution in [0.25, 0.3) is 0 Å². The highest BCUT2D eigenvalue weighted by atomic mass is 35.5. The predicted octanol–water partition coefficient (Wildman–Crippen LogP) is 2.25. The van der Waals surface area contributed by atoms with Gasteiger partial charge < -0.3 is 19.5 Å². The molecule has 2 aliphatic heterocycles. The third-order valence-electron chi connectivity index (χ3n) is 5.17. The van der Waals surface area contributed by atoms with Gasteiger partial charge >= 0.3 is 0 Å². The summed E-state index contributed by atoms with van der Waals surface area (Å²) in [4.78, 5) is 21.1. The number of rotatable bonds is 4. The van der Waals surface area contributed by atoms with Crippen LogP contribution < -0.4 is 15.0 Å². The van der Waals surface area contributed by atoms with E-state index in [2.05, 4.69) is 20.4 Å². The van der Waals surface area contributed by atoms with Crippen LogP contribution in [0.2, 0.25) is 5.02 Å². The van der Waals surface area contributed by atoms with Gasteiger partial charge in [-0.1, -0.05) is 16.8 Å². The van der Waals surface area contributed by atoms with Crippen LogP contribution in [0.15, 0.2) is 22.7 Å². The standard InChI is InChI=1S/C18H22ClN5O3.ClH/c1-23-6-5-20-9-14(23)17-21-18(27-22-17)11-7-16(25)24(10-11)13-8-12(19)3-4-15(13)26-2;/h3-4,8,11,14,20H,5-7,9-10H2,1-2H3;1H. The number of aromatic nitrogens is 2. The first-order valence-electron chi connectivity index (χ1n) is 8.95. The molecular formula is C18H23Cl2N5O3. The van der Waals surface area contributed by atoms with Gasteiger partial charge in [-0.3, -0.25) is 9.69 Å². The lowest BCUT2D eigenvalue weighted by atomic mass is 10.1. The van der Waals surface area contributed by atoms with Gasteiger partial charge in [-0.05, 0) is 25.2 Å². The summed E-state index contributed by atoms with van der Waals surface area (Å²) < 4.78 is 10.9. The minimum atomic E-state index is -0.149. The van der Waals surface area contributed by atoms with E-state index in [-0.39, 0.29) is 30.3 Å². The molecule has 2 atom stereocenters. The second kappa shape index (κ2) is 8.65. The summed E-state index contributed by atoms with van der Waals surface area (Å²) in [6.45, 7) is 3.12. The minimum absolute atomic E-state index is 0. The van der Waals surface area contributed by atoms with E-state index in [4.69, 9.17) is 20.9 Å². The largest absolute Gasteiger partial charge is 0.495 e. The Labute approximate surface area is 174 Å². The Balaban J connectivity index is 0.00000225. The first-order valence-corrected chi connectivity index (χ1v) is 9.33. The molecule has 2 aliphatic rings. The number of carbonyl (C=O) groups excluding carboxylic acids is 1. The molecule has 1 aromatic carbocycles. The summed E-state index contributed by atoms with van der Waals surface area (Å²) in [5, 5.41) is 8.06. The van der Waals surface area contributed by atoms with Gasteiger partial charge in [0.05, 0.1) is 24.8 Å². The summed E-state index contributed by atoms with van der Waals surface area (Å²) in [6.07, 6.45) is 0.316. The number of likely N-dealkylation sites (N-methyl/N-ethyl adjacent to an activating group) is 1. The van der Waals surface area contributed by atoms with Gasteiger partial charge in [0.1, 0.15) is 5.75 Å². The number of nitrogens with zero attached hydrogens (tertiary/aromatic N) is 4. The van der Waals surface area contributed by atoms with Crippen molar-refractivity contribution in [1.82, 2.24) is 20.4 Å². The highest BCUT2D eigenvalue weighted by Crippen LogP contribution is 2.37. The van der Waals surface area contributed by atoms with Gasteiger partial charge in [-0.15, -0.1) is 12.4 Å². The number of piperazine rings is 1. The highest BCUT2D eigenvalue weighted by molar-refractivity contribution is 6.31. The van der Waals surface area contributed by atoms with Crippen molar-refractivity contribution in [2.24, 2.45) is 0 Å². The Hall–Kier alpha value is -1.87. The number of hydrogen-bond acceptors (Lipinski definition) is 7.